The molecule has 2 saturated heterocycles. The molecule has 0 spiro atoms. The summed E-state index contributed by atoms with van der Waals surface area (Å²) in [5.74, 6) is -1.34. The van der Waals surface area contributed by atoms with Crippen molar-refractivity contribution in [1.29, 1.82) is 0 Å². The number of carboxylic acids is 1. The van der Waals surface area contributed by atoms with Crippen molar-refractivity contribution in [2.75, 3.05) is 51.2 Å². The number of hydrogen-bond donors (Lipinski definition) is 1. The number of benzene rings is 1. The Labute approximate surface area is 180 Å². The van der Waals surface area contributed by atoms with Crippen LogP contribution in [0.15, 0.2) is 18.2 Å². The van der Waals surface area contributed by atoms with E-state index in [0.29, 0.717) is 30.9 Å². The summed E-state index contributed by atoms with van der Waals surface area (Å²) in [6.07, 6.45) is -2.80. The molecule has 3 rings (SSSR count). The number of aromatic carboxylic acids is 1. The molecular formula is C18H25F3N3NaO2. The zero-order valence-corrected chi connectivity index (χ0v) is 17.8. The first-order valence-corrected chi connectivity index (χ1v) is 8.87. The van der Waals surface area contributed by atoms with E-state index in [1.807, 2.05) is 4.90 Å². The van der Waals surface area contributed by atoms with Crippen LogP contribution in [-0.2, 0) is 6.18 Å². The zero-order chi connectivity index (χ0) is 18.9. The summed E-state index contributed by atoms with van der Waals surface area (Å²) in [4.78, 5) is 17.8. The average Bonchev–Trinajstić information content (AvgIpc) is 2.61. The molecule has 0 saturated carbocycles. The number of carboxylic acid groups (broad SMARTS) is 1. The summed E-state index contributed by atoms with van der Waals surface area (Å²) < 4.78 is 39.3. The predicted octanol–water partition coefficient (Wildman–Crippen LogP) is -0.264. The topological polar surface area (TPSA) is 47.0 Å². The van der Waals surface area contributed by atoms with Crippen molar-refractivity contribution in [3.63, 3.8) is 0 Å². The molecule has 9 heteroatoms. The predicted molar refractivity (Wildman–Crippen MR) is 93.8 cm³/mol. The van der Waals surface area contributed by atoms with Gasteiger partial charge < -0.3 is 16.3 Å². The average molecular weight is 395 g/mol. The molecule has 146 valence electrons. The second-order valence-corrected chi connectivity index (χ2v) is 7.13. The fourth-order valence-corrected chi connectivity index (χ4v) is 3.76. The molecule has 0 amide bonds. The minimum Gasteiger partial charge on any atom is -1.00 e. The third-order valence-corrected chi connectivity index (χ3v) is 5.38. The molecule has 2 aliphatic rings. The number of carbonyl (C=O) groups is 1. The number of nitrogens with zero attached hydrogens (tertiary/aromatic N) is 3. The third kappa shape index (κ3) is 5.60. The molecule has 2 heterocycles. The van der Waals surface area contributed by atoms with E-state index < -0.39 is 17.7 Å². The molecule has 0 radical (unpaired) electrons. The van der Waals surface area contributed by atoms with E-state index in [4.69, 9.17) is 5.11 Å². The van der Waals surface area contributed by atoms with Gasteiger partial charge in [-0.2, -0.15) is 13.2 Å². The normalized spacial score (nSPS) is 20.4. The van der Waals surface area contributed by atoms with Crippen LogP contribution in [0.5, 0.6) is 0 Å². The quantitative estimate of drug-likeness (QED) is 0.715. The van der Waals surface area contributed by atoms with Gasteiger partial charge >= 0.3 is 41.7 Å². The third-order valence-electron chi connectivity index (χ3n) is 5.38. The maximum atomic E-state index is 13.1. The van der Waals surface area contributed by atoms with E-state index in [0.717, 1.165) is 45.1 Å². The smallest absolute Gasteiger partial charge is 1.00 e. The molecule has 5 nitrogen and oxygen atoms in total. The standard InChI is InChI=1S/C18H24F3N3O2.Na.H/c1-22-6-8-24(9-7-22)15-2-4-23(5-3-15)16-11-13(17(25)26)10-14(12-16)18(19,20)21;;/h10-12,15H,2-9H2,1H3,(H,25,26);;/q;+1;-1. The van der Waals surface area contributed by atoms with Gasteiger partial charge in [-0.1, -0.05) is 0 Å². The van der Waals surface area contributed by atoms with Gasteiger partial charge in [-0.3, -0.25) is 4.90 Å². The number of alkyl halides is 3. The number of hydrogen-bond acceptors (Lipinski definition) is 4. The van der Waals surface area contributed by atoms with Gasteiger partial charge in [0.05, 0.1) is 11.1 Å². The SMILES string of the molecule is CN1CCN(C2CCN(c3cc(C(=O)O)cc(C(F)(F)F)c3)CC2)CC1.[H-].[Na+]. The number of piperazine rings is 1. The van der Waals surface area contributed by atoms with Crippen LogP contribution in [0.2, 0.25) is 0 Å². The second-order valence-electron chi connectivity index (χ2n) is 7.13. The summed E-state index contributed by atoms with van der Waals surface area (Å²) in [7, 11) is 2.10. The largest absolute Gasteiger partial charge is 1.00 e. The van der Waals surface area contributed by atoms with Crippen LogP contribution in [0, 0.1) is 0 Å². The first kappa shape index (κ1) is 22.5. The van der Waals surface area contributed by atoms with Crippen LogP contribution in [0.4, 0.5) is 18.9 Å². The van der Waals surface area contributed by atoms with E-state index in [1.165, 1.54) is 6.07 Å². The molecule has 1 aromatic rings. The van der Waals surface area contributed by atoms with E-state index in [-0.39, 0.29) is 36.5 Å². The van der Waals surface area contributed by atoms with E-state index in [2.05, 4.69) is 16.8 Å². The number of halogens is 3. The molecule has 0 unspecified atom stereocenters. The molecule has 0 aromatic heterocycles. The van der Waals surface area contributed by atoms with Gasteiger partial charge in [0.15, 0.2) is 0 Å². The van der Waals surface area contributed by atoms with Crippen molar-refractivity contribution in [2.45, 2.75) is 25.1 Å². The molecule has 1 N–H and O–H groups in total. The summed E-state index contributed by atoms with van der Waals surface area (Å²) >= 11 is 0. The Morgan fingerprint density at radius 3 is 2.19 bits per heavy atom. The Bertz CT molecular complexity index is 662. The van der Waals surface area contributed by atoms with E-state index in [1.54, 1.807) is 0 Å². The van der Waals surface area contributed by atoms with Crippen molar-refractivity contribution < 1.29 is 54.1 Å². The van der Waals surface area contributed by atoms with Gasteiger partial charge in [-0.15, -0.1) is 0 Å². The Morgan fingerprint density at radius 1 is 1.07 bits per heavy atom. The van der Waals surface area contributed by atoms with Crippen LogP contribution < -0.4 is 34.5 Å². The van der Waals surface area contributed by atoms with Crippen LogP contribution in [0.3, 0.4) is 0 Å². The molecule has 27 heavy (non-hydrogen) atoms. The maximum absolute atomic E-state index is 13.1. The van der Waals surface area contributed by atoms with Crippen molar-refractivity contribution in [1.82, 2.24) is 9.80 Å². The van der Waals surface area contributed by atoms with Crippen LogP contribution in [0.1, 0.15) is 30.2 Å². The first-order chi connectivity index (χ1) is 12.2. The Balaban J connectivity index is 0.00000196. The Kier molecular flexibility index (Phi) is 7.61. The van der Waals surface area contributed by atoms with Crippen molar-refractivity contribution >= 4 is 11.7 Å². The molecule has 0 bridgehead atoms. The molecule has 2 aliphatic heterocycles. The molecule has 2 fully saturated rings. The van der Waals surface area contributed by atoms with Crippen LogP contribution >= 0.6 is 0 Å². The van der Waals surface area contributed by atoms with Gasteiger partial charge in [0.25, 0.3) is 0 Å². The monoisotopic (exact) mass is 395 g/mol. The summed E-state index contributed by atoms with van der Waals surface area (Å²) in [6, 6.07) is 3.55. The van der Waals surface area contributed by atoms with E-state index >= 15 is 0 Å². The second kappa shape index (κ2) is 9.13. The maximum Gasteiger partial charge on any atom is 1.00 e. The van der Waals surface area contributed by atoms with Gasteiger partial charge in [0, 0.05) is 51.0 Å². The number of anilines is 1. The van der Waals surface area contributed by atoms with Crippen molar-refractivity contribution in [3.8, 4) is 0 Å². The summed E-state index contributed by atoms with van der Waals surface area (Å²) in [5, 5.41) is 9.13. The molecule has 1 aromatic carbocycles. The molecular weight excluding hydrogens is 370 g/mol. The van der Waals surface area contributed by atoms with Gasteiger partial charge in [-0.25, -0.2) is 4.79 Å². The molecule has 0 atom stereocenters. The Morgan fingerprint density at radius 2 is 1.67 bits per heavy atom. The zero-order valence-electron chi connectivity index (χ0n) is 16.8. The van der Waals surface area contributed by atoms with Gasteiger partial charge in [0.1, 0.15) is 0 Å². The summed E-state index contributed by atoms with van der Waals surface area (Å²) in [6.45, 7) is 5.39. The van der Waals surface area contributed by atoms with Crippen LogP contribution in [-0.4, -0.2) is 73.2 Å². The fraction of sp³-hybridized carbons (Fsp3) is 0.611. The number of likely N-dealkylation sites (N-methyl/N-ethyl adjacent to an activating group) is 1. The van der Waals surface area contributed by atoms with Crippen molar-refractivity contribution in [3.05, 3.63) is 29.3 Å². The minimum absolute atomic E-state index is 0. The Hall–Kier alpha value is -0.800. The van der Waals surface area contributed by atoms with Crippen molar-refractivity contribution in [2.24, 2.45) is 0 Å². The van der Waals surface area contributed by atoms with Crippen LogP contribution in [0.25, 0.3) is 0 Å². The first-order valence-electron chi connectivity index (χ1n) is 8.87. The number of piperidine rings is 1. The van der Waals surface area contributed by atoms with E-state index in [9.17, 15) is 18.0 Å². The number of rotatable bonds is 3. The van der Waals surface area contributed by atoms with Gasteiger partial charge in [-0.05, 0) is 38.1 Å². The molecule has 0 aliphatic carbocycles. The summed E-state index contributed by atoms with van der Waals surface area (Å²) in [5.41, 5.74) is -0.890. The van der Waals surface area contributed by atoms with Gasteiger partial charge in [0.2, 0.25) is 0 Å². The minimum atomic E-state index is -4.56. The fourth-order valence-electron chi connectivity index (χ4n) is 3.76.